The molecule has 3 aliphatic rings. The number of rotatable bonds is 4. The monoisotopic (exact) mass is 442 g/mol. The van der Waals surface area contributed by atoms with Crippen LogP contribution in [0.5, 0.6) is 17.2 Å². The number of ether oxygens (including phenoxy) is 2. The first kappa shape index (κ1) is 18.8. The van der Waals surface area contributed by atoms with Crippen molar-refractivity contribution in [2.75, 3.05) is 19.1 Å². The van der Waals surface area contributed by atoms with Crippen molar-refractivity contribution in [3.05, 3.63) is 42.0 Å². The summed E-state index contributed by atoms with van der Waals surface area (Å²) in [5.41, 5.74) is 2.15. The Morgan fingerprint density at radius 1 is 1.13 bits per heavy atom. The van der Waals surface area contributed by atoms with Gasteiger partial charge in [0.15, 0.2) is 11.5 Å². The maximum atomic E-state index is 12.6. The van der Waals surface area contributed by atoms with E-state index in [1.807, 2.05) is 18.2 Å². The van der Waals surface area contributed by atoms with E-state index in [1.165, 1.54) is 29.4 Å². The molecule has 0 saturated carbocycles. The minimum absolute atomic E-state index is 0.0108. The number of amides is 1. The van der Waals surface area contributed by atoms with Gasteiger partial charge >= 0.3 is 0 Å². The standard InChI is InChI=1S/C20H15ClN4O4S/c1-28-10-4-5-12-11(8-10)16-18(22-12)30-20(24-23-16)25-17(15(21)19(25)27)9-3-6-13(26)14(7-9)29-2/h3-8,15,17,26H,1-2H3. The number of methoxy groups -OCH3 is 2. The fourth-order valence-electron chi connectivity index (χ4n) is 3.53. The first-order chi connectivity index (χ1) is 14.5. The van der Waals surface area contributed by atoms with E-state index in [9.17, 15) is 9.90 Å². The summed E-state index contributed by atoms with van der Waals surface area (Å²) >= 11 is 7.60. The van der Waals surface area contributed by atoms with Crippen LogP contribution in [0, 0.1) is 0 Å². The summed E-state index contributed by atoms with van der Waals surface area (Å²) in [4.78, 5) is 18.7. The molecule has 0 radical (unpaired) electrons. The first-order valence-electron chi connectivity index (χ1n) is 8.97. The molecule has 0 aromatic heterocycles. The number of nitrogens with zero attached hydrogens (tertiary/aromatic N) is 4. The van der Waals surface area contributed by atoms with E-state index in [0.29, 0.717) is 27.3 Å². The summed E-state index contributed by atoms with van der Waals surface area (Å²) in [6.45, 7) is 0. The summed E-state index contributed by atoms with van der Waals surface area (Å²) in [6.07, 6.45) is 0. The molecule has 0 spiro atoms. The third kappa shape index (κ3) is 2.73. The Morgan fingerprint density at radius 3 is 2.73 bits per heavy atom. The third-order valence-corrected chi connectivity index (χ3v) is 6.45. The lowest BCUT2D eigenvalue weighted by Crippen LogP contribution is -2.56. The molecule has 5 rings (SSSR count). The van der Waals surface area contributed by atoms with Gasteiger partial charge in [0.25, 0.3) is 0 Å². The second-order valence-corrected chi connectivity index (χ2v) is 8.15. The molecular formula is C20H15ClN4O4S. The van der Waals surface area contributed by atoms with Crippen molar-refractivity contribution in [1.29, 1.82) is 0 Å². The zero-order valence-electron chi connectivity index (χ0n) is 15.9. The highest BCUT2D eigenvalue weighted by atomic mass is 35.5. The van der Waals surface area contributed by atoms with Crippen LogP contribution in [-0.2, 0) is 4.79 Å². The summed E-state index contributed by atoms with van der Waals surface area (Å²) in [6, 6.07) is 9.97. The molecule has 2 atom stereocenters. The quantitative estimate of drug-likeness (QED) is 0.381. The highest BCUT2D eigenvalue weighted by Crippen LogP contribution is 2.46. The van der Waals surface area contributed by atoms with E-state index in [1.54, 1.807) is 19.2 Å². The Balaban J connectivity index is 1.57. The third-order valence-electron chi connectivity index (χ3n) is 5.09. The van der Waals surface area contributed by atoms with Crippen molar-refractivity contribution < 1.29 is 19.4 Å². The number of carbonyl (C=O) groups is 1. The Bertz CT molecular complexity index is 1260. The summed E-state index contributed by atoms with van der Waals surface area (Å²) in [7, 11) is 3.06. The van der Waals surface area contributed by atoms with Crippen molar-refractivity contribution in [2.45, 2.75) is 11.4 Å². The van der Waals surface area contributed by atoms with Crippen LogP contribution in [0.4, 0.5) is 5.13 Å². The van der Waals surface area contributed by atoms with Gasteiger partial charge < -0.3 is 14.6 Å². The number of phenolic OH excluding ortho intramolecular Hbond substituents is 1. The van der Waals surface area contributed by atoms with E-state index in [0.717, 1.165) is 16.5 Å². The van der Waals surface area contributed by atoms with Crippen molar-refractivity contribution in [1.82, 2.24) is 15.2 Å². The van der Waals surface area contributed by atoms with E-state index < -0.39 is 11.4 Å². The van der Waals surface area contributed by atoms with Crippen LogP contribution in [0.25, 0.3) is 21.6 Å². The smallest absolute Gasteiger partial charge is 0.250 e. The number of benzene rings is 2. The average molecular weight is 443 g/mol. The molecule has 2 unspecified atom stereocenters. The topological polar surface area (TPSA) is 97.7 Å². The molecule has 1 saturated heterocycles. The molecule has 1 amide bonds. The van der Waals surface area contributed by atoms with Crippen molar-refractivity contribution in [3.63, 3.8) is 0 Å². The number of β-lactam (4-membered cyclic amide) rings is 1. The van der Waals surface area contributed by atoms with Crippen LogP contribution < -0.4 is 14.4 Å². The van der Waals surface area contributed by atoms with E-state index >= 15 is 0 Å². The maximum absolute atomic E-state index is 12.6. The number of alkyl halides is 1. The van der Waals surface area contributed by atoms with Crippen molar-refractivity contribution >= 4 is 44.9 Å². The Labute approximate surface area is 180 Å². The van der Waals surface area contributed by atoms with Gasteiger partial charge in [-0.3, -0.25) is 9.69 Å². The van der Waals surface area contributed by atoms with Gasteiger partial charge in [-0.15, -0.1) is 21.8 Å². The van der Waals surface area contributed by atoms with Gasteiger partial charge in [0.1, 0.15) is 21.8 Å². The fraction of sp³-hybridized carbons (Fsp3) is 0.200. The molecule has 0 aliphatic carbocycles. The van der Waals surface area contributed by atoms with Gasteiger partial charge in [-0.1, -0.05) is 17.4 Å². The predicted octanol–water partition coefficient (Wildman–Crippen LogP) is 3.61. The molecule has 1 N–H and O–H groups in total. The SMILES string of the molecule is COc1ccc2nc3sc(N4C(=O)C(Cl)C4c4ccc(O)c(OC)c4)nnc-3c2c1. The number of hydrogen-bond acceptors (Lipinski definition) is 8. The number of fused-ring (bicyclic) bond motifs is 3. The molecular weight excluding hydrogens is 428 g/mol. The average Bonchev–Trinajstić information content (AvgIpc) is 3.14. The normalized spacial score (nSPS) is 18.6. The second kappa shape index (κ2) is 6.96. The molecule has 8 nitrogen and oxygen atoms in total. The van der Waals surface area contributed by atoms with Gasteiger partial charge in [0.2, 0.25) is 11.0 Å². The number of aromatic nitrogens is 3. The molecule has 3 aliphatic heterocycles. The number of hydrogen-bond donors (Lipinski definition) is 1. The van der Waals surface area contributed by atoms with Crippen molar-refractivity contribution in [3.8, 4) is 28.0 Å². The molecule has 2 aromatic rings. The Morgan fingerprint density at radius 2 is 1.97 bits per heavy atom. The van der Waals surface area contributed by atoms with Gasteiger partial charge in [0, 0.05) is 5.39 Å². The van der Waals surface area contributed by atoms with Gasteiger partial charge in [-0.2, -0.15) is 0 Å². The van der Waals surface area contributed by atoms with Crippen molar-refractivity contribution in [2.24, 2.45) is 0 Å². The van der Waals surface area contributed by atoms with Crippen LogP contribution in [0.15, 0.2) is 36.4 Å². The minimum Gasteiger partial charge on any atom is -0.504 e. The lowest BCUT2D eigenvalue weighted by molar-refractivity contribution is -0.123. The van der Waals surface area contributed by atoms with Crippen LogP contribution in [-0.4, -0.2) is 45.8 Å². The molecule has 10 heteroatoms. The van der Waals surface area contributed by atoms with Crippen LogP contribution >= 0.6 is 22.9 Å². The molecule has 2 aromatic carbocycles. The minimum atomic E-state index is -0.750. The number of halogens is 1. The Kier molecular flexibility index (Phi) is 4.37. The summed E-state index contributed by atoms with van der Waals surface area (Å²) < 4.78 is 10.5. The highest BCUT2D eigenvalue weighted by molar-refractivity contribution is 7.18. The number of phenols is 1. The number of anilines is 1. The molecule has 0 bridgehead atoms. The van der Waals surface area contributed by atoms with Crippen LogP contribution in [0.3, 0.4) is 0 Å². The molecule has 1 fully saturated rings. The van der Waals surface area contributed by atoms with E-state index in [4.69, 9.17) is 21.1 Å². The van der Waals surface area contributed by atoms with Gasteiger partial charge in [-0.25, -0.2) is 4.98 Å². The lowest BCUT2D eigenvalue weighted by Gasteiger charge is -2.43. The molecule has 3 heterocycles. The molecule has 152 valence electrons. The van der Waals surface area contributed by atoms with Gasteiger partial charge in [-0.05, 0) is 35.9 Å². The summed E-state index contributed by atoms with van der Waals surface area (Å²) in [5, 5.41) is 19.6. The maximum Gasteiger partial charge on any atom is 0.250 e. The largest absolute Gasteiger partial charge is 0.504 e. The molecule has 30 heavy (non-hydrogen) atoms. The highest BCUT2D eigenvalue weighted by Gasteiger charge is 2.49. The predicted molar refractivity (Wildman–Crippen MR) is 113 cm³/mol. The van der Waals surface area contributed by atoms with Crippen LogP contribution in [0.2, 0.25) is 0 Å². The Hall–Kier alpha value is -3.17. The second-order valence-electron chi connectivity index (χ2n) is 6.72. The summed E-state index contributed by atoms with van der Waals surface area (Å²) in [5.74, 6) is 0.754. The van der Waals surface area contributed by atoms with Crippen LogP contribution in [0.1, 0.15) is 11.6 Å². The zero-order chi connectivity index (χ0) is 21.0. The fourth-order valence-corrected chi connectivity index (χ4v) is 4.85. The zero-order valence-corrected chi connectivity index (χ0v) is 17.4. The van der Waals surface area contributed by atoms with E-state index in [2.05, 4.69) is 15.2 Å². The first-order valence-corrected chi connectivity index (χ1v) is 10.2. The number of carbonyl (C=O) groups excluding carboxylic acids is 1. The van der Waals surface area contributed by atoms with E-state index in [-0.39, 0.29) is 11.7 Å². The lowest BCUT2D eigenvalue weighted by atomic mass is 9.93. The number of aromatic hydroxyl groups is 1. The van der Waals surface area contributed by atoms with Gasteiger partial charge in [0.05, 0.1) is 25.8 Å².